The Morgan fingerprint density at radius 3 is 2.58 bits per heavy atom. The predicted octanol–water partition coefficient (Wildman–Crippen LogP) is 0.844. The summed E-state index contributed by atoms with van der Waals surface area (Å²) >= 11 is 0. The van der Waals surface area contributed by atoms with Gasteiger partial charge in [0.05, 0.1) is 6.42 Å². The lowest BCUT2D eigenvalue weighted by Gasteiger charge is -2.06. The fourth-order valence-corrected chi connectivity index (χ4v) is 1.62. The maximum Gasteiger partial charge on any atom is 0.224 e. The average molecular weight is 263 g/mol. The quantitative estimate of drug-likeness (QED) is 0.637. The van der Waals surface area contributed by atoms with E-state index in [2.05, 4.69) is 10.6 Å². The number of benzene rings is 1. The van der Waals surface area contributed by atoms with Crippen molar-refractivity contribution in [3.05, 3.63) is 29.8 Å². The second-order valence-corrected chi connectivity index (χ2v) is 4.37. The molecule has 2 amide bonds. The molecule has 0 saturated heterocycles. The Balaban J connectivity index is 2.23. The molecule has 0 aliphatic heterocycles. The third kappa shape index (κ3) is 6.45. The molecule has 1 aromatic carbocycles. The van der Waals surface area contributed by atoms with Gasteiger partial charge in [-0.3, -0.25) is 9.59 Å². The Kier molecular flexibility index (Phi) is 6.43. The Labute approximate surface area is 113 Å². The Bertz CT molecular complexity index is 432. The van der Waals surface area contributed by atoms with Crippen molar-refractivity contribution in [2.24, 2.45) is 0 Å². The first-order valence-corrected chi connectivity index (χ1v) is 6.49. The first kappa shape index (κ1) is 15.0. The average Bonchev–Trinajstić information content (AvgIpc) is 2.36. The van der Waals surface area contributed by atoms with Crippen LogP contribution in [-0.4, -0.2) is 24.9 Å². The van der Waals surface area contributed by atoms with Crippen molar-refractivity contribution >= 4 is 17.5 Å². The maximum absolute atomic E-state index is 11.6. The van der Waals surface area contributed by atoms with E-state index in [-0.39, 0.29) is 18.2 Å². The van der Waals surface area contributed by atoms with Crippen molar-refractivity contribution in [2.45, 2.75) is 26.2 Å². The van der Waals surface area contributed by atoms with E-state index in [0.717, 1.165) is 12.0 Å². The molecule has 0 atom stereocenters. The molecule has 4 N–H and O–H groups in total. The van der Waals surface area contributed by atoms with Crippen LogP contribution in [0.4, 0.5) is 5.69 Å². The van der Waals surface area contributed by atoms with Gasteiger partial charge < -0.3 is 16.4 Å². The van der Waals surface area contributed by atoms with Gasteiger partial charge in [0.15, 0.2) is 0 Å². The van der Waals surface area contributed by atoms with E-state index in [0.29, 0.717) is 25.2 Å². The standard InChI is InChI=1S/C14H21N3O2/c1-2-7-16-13(18)6-8-17-14(19)10-11-4-3-5-12(15)9-11/h3-5,9H,2,6-8,10,15H2,1H3,(H,16,18)(H,17,19). The minimum Gasteiger partial charge on any atom is -0.399 e. The fourth-order valence-electron chi connectivity index (χ4n) is 1.62. The third-order valence-corrected chi connectivity index (χ3v) is 2.56. The molecule has 0 heterocycles. The molecule has 1 aromatic rings. The zero-order chi connectivity index (χ0) is 14.1. The van der Waals surface area contributed by atoms with Crippen LogP contribution in [0.2, 0.25) is 0 Å². The molecule has 0 saturated carbocycles. The molecule has 0 bridgehead atoms. The summed E-state index contributed by atoms with van der Waals surface area (Å²) in [6, 6.07) is 7.22. The highest BCUT2D eigenvalue weighted by Crippen LogP contribution is 2.06. The molecule has 104 valence electrons. The van der Waals surface area contributed by atoms with Crippen LogP contribution in [0.5, 0.6) is 0 Å². The summed E-state index contributed by atoms with van der Waals surface area (Å²) < 4.78 is 0. The normalized spacial score (nSPS) is 9.95. The lowest BCUT2D eigenvalue weighted by Crippen LogP contribution is -2.31. The van der Waals surface area contributed by atoms with E-state index in [1.54, 1.807) is 12.1 Å². The van der Waals surface area contributed by atoms with Gasteiger partial charge in [-0.05, 0) is 24.1 Å². The molecule has 5 heteroatoms. The second kappa shape index (κ2) is 8.13. The molecule has 0 radical (unpaired) electrons. The summed E-state index contributed by atoms with van der Waals surface area (Å²) in [7, 11) is 0. The highest BCUT2D eigenvalue weighted by molar-refractivity contribution is 5.80. The lowest BCUT2D eigenvalue weighted by atomic mass is 10.1. The zero-order valence-corrected chi connectivity index (χ0v) is 11.2. The summed E-state index contributed by atoms with van der Waals surface area (Å²) in [6.45, 7) is 3.03. The molecule has 1 rings (SSSR count). The third-order valence-electron chi connectivity index (χ3n) is 2.56. The number of hydrogen-bond acceptors (Lipinski definition) is 3. The van der Waals surface area contributed by atoms with E-state index in [4.69, 9.17) is 5.73 Å². The molecule has 0 spiro atoms. The topological polar surface area (TPSA) is 84.2 Å². The van der Waals surface area contributed by atoms with Gasteiger partial charge in [-0.1, -0.05) is 19.1 Å². The van der Waals surface area contributed by atoms with E-state index in [1.807, 2.05) is 19.1 Å². The van der Waals surface area contributed by atoms with Gasteiger partial charge in [0, 0.05) is 25.2 Å². The number of anilines is 1. The van der Waals surface area contributed by atoms with Gasteiger partial charge in [0.1, 0.15) is 0 Å². The number of hydrogen-bond donors (Lipinski definition) is 3. The van der Waals surface area contributed by atoms with E-state index in [1.165, 1.54) is 0 Å². The number of carbonyl (C=O) groups is 2. The minimum absolute atomic E-state index is 0.0360. The highest BCUT2D eigenvalue weighted by atomic mass is 16.2. The second-order valence-electron chi connectivity index (χ2n) is 4.37. The summed E-state index contributed by atoms with van der Waals surface area (Å²) in [5, 5.41) is 5.47. The van der Waals surface area contributed by atoms with Crippen LogP contribution in [0.25, 0.3) is 0 Å². The van der Waals surface area contributed by atoms with Crippen molar-refractivity contribution in [3.63, 3.8) is 0 Å². The lowest BCUT2D eigenvalue weighted by molar-refractivity contribution is -0.122. The number of nitrogens with one attached hydrogen (secondary N) is 2. The van der Waals surface area contributed by atoms with Gasteiger partial charge in [-0.15, -0.1) is 0 Å². The van der Waals surface area contributed by atoms with Gasteiger partial charge in [-0.2, -0.15) is 0 Å². The Hall–Kier alpha value is -2.04. The summed E-state index contributed by atoms with van der Waals surface area (Å²) in [5.74, 6) is -0.139. The maximum atomic E-state index is 11.6. The highest BCUT2D eigenvalue weighted by Gasteiger charge is 2.05. The van der Waals surface area contributed by atoms with Crippen LogP contribution in [0.1, 0.15) is 25.3 Å². The van der Waals surface area contributed by atoms with E-state index < -0.39 is 0 Å². The van der Waals surface area contributed by atoms with Crippen LogP contribution in [-0.2, 0) is 16.0 Å². The number of rotatable bonds is 7. The number of amides is 2. The van der Waals surface area contributed by atoms with E-state index >= 15 is 0 Å². The molecule has 0 aliphatic rings. The van der Waals surface area contributed by atoms with Gasteiger partial charge >= 0.3 is 0 Å². The Morgan fingerprint density at radius 2 is 1.89 bits per heavy atom. The summed E-state index contributed by atoms with van der Waals surface area (Å²) in [5.41, 5.74) is 7.15. The van der Waals surface area contributed by atoms with Gasteiger partial charge in [0.2, 0.25) is 11.8 Å². The molecule has 19 heavy (non-hydrogen) atoms. The molecule has 5 nitrogen and oxygen atoms in total. The zero-order valence-electron chi connectivity index (χ0n) is 11.2. The first-order valence-electron chi connectivity index (χ1n) is 6.49. The van der Waals surface area contributed by atoms with Crippen molar-refractivity contribution < 1.29 is 9.59 Å². The van der Waals surface area contributed by atoms with Crippen LogP contribution >= 0.6 is 0 Å². The van der Waals surface area contributed by atoms with Crippen LogP contribution in [0, 0.1) is 0 Å². The first-order chi connectivity index (χ1) is 9.11. The van der Waals surface area contributed by atoms with Crippen molar-refractivity contribution in [2.75, 3.05) is 18.8 Å². The molecule has 0 aliphatic carbocycles. The molecular weight excluding hydrogens is 242 g/mol. The predicted molar refractivity (Wildman–Crippen MR) is 75.5 cm³/mol. The number of nitrogens with two attached hydrogens (primary N) is 1. The smallest absolute Gasteiger partial charge is 0.224 e. The van der Waals surface area contributed by atoms with Crippen LogP contribution < -0.4 is 16.4 Å². The summed E-state index contributed by atoms with van der Waals surface area (Å²) in [4.78, 5) is 22.9. The fraction of sp³-hybridized carbons (Fsp3) is 0.429. The van der Waals surface area contributed by atoms with Crippen molar-refractivity contribution in [1.29, 1.82) is 0 Å². The van der Waals surface area contributed by atoms with Gasteiger partial charge in [-0.25, -0.2) is 0 Å². The van der Waals surface area contributed by atoms with Crippen molar-refractivity contribution in [1.82, 2.24) is 10.6 Å². The minimum atomic E-state index is -0.103. The Morgan fingerprint density at radius 1 is 1.16 bits per heavy atom. The van der Waals surface area contributed by atoms with Crippen LogP contribution in [0.15, 0.2) is 24.3 Å². The van der Waals surface area contributed by atoms with Crippen LogP contribution in [0.3, 0.4) is 0 Å². The van der Waals surface area contributed by atoms with E-state index in [9.17, 15) is 9.59 Å². The monoisotopic (exact) mass is 263 g/mol. The summed E-state index contributed by atoms with van der Waals surface area (Å²) in [6.07, 6.45) is 1.50. The molecule has 0 fully saturated rings. The SMILES string of the molecule is CCCNC(=O)CCNC(=O)Cc1cccc(N)c1. The number of nitrogen functional groups attached to an aromatic ring is 1. The molecule has 0 unspecified atom stereocenters. The largest absolute Gasteiger partial charge is 0.399 e. The number of carbonyl (C=O) groups excluding carboxylic acids is 2. The molecular formula is C14H21N3O2. The van der Waals surface area contributed by atoms with Crippen molar-refractivity contribution in [3.8, 4) is 0 Å². The van der Waals surface area contributed by atoms with Gasteiger partial charge in [0.25, 0.3) is 0 Å². The molecule has 0 aromatic heterocycles.